The summed E-state index contributed by atoms with van der Waals surface area (Å²) < 4.78 is 6.04. The van der Waals surface area contributed by atoms with Crippen LogP contribution in [0.4, 0.5) is 0 Å². The van der Waals surface area contributed by atoms with Crippen molar-refractivity contribution in [3.63, 3.8) is 0 Å². The molecule has 7 heteroatoms. The molecule has 2 rings (SSSR count). The van der Waals surface area contributed by atoms with Crippen LogP contribution < -0.4 is 10.5 Å². The summed E-state index contributed by atoms with van der Waals surface area (Å²) >= 11 is 7.09. The number of oxime groups is 1. The normalized spacial score (nSPS) is 11.5. The number of halogens is 1. The lowest BCUT2D eigenvalue weighted by molar-refractivity contribution is 0.309. The fourth-order valence-electron chi connectivity index (χ4n) is 1.28. The van der Waals surface area contributed by atoms with E-state index in [0.29, 0.717) is 22.4 Å². The molecular weight excluding hydrogens is 274 g/mol. The molecule has 0 saturated carbocycles. The number of ether oxygens (including phenoxy) is 1. The number of thiazole rings is 1. The Bertz CT molecular complexity index is 554. The summed E-state index contributed by atoms with van der Waals surface area (Å²) in [7, 11) is 0. The predicted octanol–water partition coefficient (Wildman–Crippen LogP) is 2.47. The van der Waals surface area contributed by atoms with E-state index in [4.69, 9.17) is 27.3 Å². The molecule has 0 saturated heterocycles. The van der Waals surface area contributed by atoms with Gasteiger partial charge in [0, 0.05) is 11.8 Å². The van der Waals surface area contributed by atoms with E-state index in [-0.39, 0.29) is 5.84 Å². The summed E-state index contributed by atoms with van der Waals surface area (Å²) in [5, 5.41) is 11.4. The van der Waals surface area contributed by atoms with E-state index in [2.05, 4.69) is 10.1 Å². The molecule has 1 aromatic heterocycles. The molecule has 0 bridgehead atoms. The minimum Gasteiger partial charge on any atom is -0.488 e. The Morgan fingerprint density at radius 2 is 2.17 bits per heavy atom. The lowest BCUT2D eigenvalue weighted by atomic mass is 10.2. The lowest BCUT2D eigenvalue weighted by Gasteiger charge is -2.05. The topological polar surface area (TPSA) is 80.7 Å². The Balaban J connectivity index is 1.98. The third kappa shape index (κ3) is 3.12. The third-order valence-corrected chi connectivity index (χ3v) is 3.25. The fourth-order valence-corrected chi connectivity index (χ4v) is 2.18. The maximum Gasteiger partial charge on any atom is 0.183 e. The standard InChI is InChI=1S/C11H10ClN3O2S/c12-11-14-5-9(18-11)6-17-8-3-1-7(2-4-8)10(13)15-16/h1-5,16H,6H2,(H2,13,15). The summed E-state index contributed by atoms with van der Waals surface area (Å²) in [6.07, 6.45) is 1.68. The number of nitrogens with zero attached hydrogens (tertiary/aromatic N) is 2. The molecule has 0 unspecified atom stereocenters. The number of amidine groups is 1. The van der Waals surface area contributed by atoms with Gasteiger partial charge in [-0.05, 0) is 24.3 Å². The second-order valence-electron chi connectivity index (χ2n) is 3.38. The zero-order chi connectivity index (χ0) is 13.0. The monoisotopic (exact) mass is 283 g/mol. The first-order chi connectivity index (χ1) is 8.69. The first kappa shape index (κ1) is 12.7. The summed E-state index contributed by atoms with van der Waals surface area (Å²) in [4.78, 5) is 4.87. The minimum atomic E-state index is 0.0655. The van der Waals surface area contributed by atoms with Crippen LogP contribution in [0.5, 0.6) is 5.75 Å². The van der Waals surface area contributed by atoms with Crippen molar-refractivity contribution in [3.05, 3.63) is 45.4 Å². The molecule has 0 spiro atoms. The highest BCUT2D eigenvalue weighted by molar-refractivity contribution is 7.15. The number of hydrogen-bond acceptors (Lipinski definition) is 5. The van der Waals surface area contributed by atoms with Crippen LogP contribution in [0.25, 0.3) is 0 Å². The van der Waals surface area contributed by atoms with Gasteiger partial charge in [0.15, 0.2) is 10.3 Å². The van der Waals surface area contributed by atoms with E-state index in [1.165, 1.54) is 11.3 Å². The number of nitrogens with two attached hydrogens (primary N) is 1. The van der Waals surface area contributed by atoms with E-state index >= 15 is 0 Å². The smallest absolute Gasteiger partial charge is 0.183 e. The van der Waals surface area contributed by atoms with Crippen molar-refractivity contribution >= 4 is 28.8 Å². The van der Waals surface area contributed by atoms with Gasteiger partial charge < -0.3 is 15.7 Å². The molecule has 1 aromatic carbocycles. The van der Waals surface area contributed by atoms with Crippen LogP contribution >= 0.6 is 22.9 Å². The zero-order valence-corrected chi connectivity index (χ0v) is 10.8. The average Bonchev–Trinajstić information content (AvgIpc) is 2.82. The Labute approximate surface area is 112 Å². The highest BCUT2D eigenvalue weighted by Crippen LogP contribution is 2.20. The van der Waals surface area contributed by atoms with Crippen molar-refractivity contribution in [2.45, 2.75) is 6.61 Å². The molecule has 0 fully saturated rings. The largest absolute Gasteiger partial charge is 0.488 e. The SMILES string of the molecule is N/C(=N/O)c1ccc(OCc2cnc(Cl)s2)cc1. The average molecular weight is 284 g/mol. The van der Waals surface area contributed by atoms with E-state index in [1.54, 1.807) is 30.5 Å². The van der Waals surface area contributed by atoms with Crippen molar-refractivity contribution in [2.24, 2.45) is 10.9 Å². The molecule has 0 radical (unpaired) electrons. The van der Waals surface area contributed by atoms with Crippen LogP contribution in [0.15, 0.2) is 35.6 Å². The Morgan fingerprint density at radius 3 is 2.72 bits per heavy atom. The van der Waals surface area contributed by atoms with Crippen LogP contribution in [0.1, 0.15) is 10.4 Å². The Kier molecular flexibility index (Phi) is 4.01. The van der Waals surface area contributed by atoms with E-state index in [9.17, 15) is 0 Å². The molecule has 5 nitrogen and oxygen atoms in total. The van der Waals surface area contributed by atoms with Gasteiger partial charge in [0.2, 0.25) is 0 Å². The highest BCUT2D eigenvalue weighted by atomic mass is 35.5. The number of hydrogen-bond donors (Lipinski definition) is 2. The van der Waals surface area contributed by atoms with Gasteiger partial charge in [-0.1, -0.05) is 16.8 Å². The van der Waals surface area contributed by atoms with Gasteiger partial charge in [0.1, 0.15) is 12.4 Å². The second-order valence-corrected chi connectivity index (χ2v) is 5.08. The summed E-state index contributed by atoms with van der Waals surface area (Å²) in [5.41, 5.74) is 6.08. The van der Waals surface area contributed by atoms with Gasteiger partial charge in [-0.25, -0.2) is 4.98 Å². The van der Waals surface area contributed by atoms with Crippen LogP contribution in [-0.2, 0) is 6.61 Å². The molecule has 0 aliphatic carbocycles. The van der Waals surface area contributed by atoms with Crippen molar-refractivity contribution in [3.8, 4) is 5.75 Å². The molecule has 2 aromatic rings. The van der Waals surface area contributed by atoms with E-state index in [1.807, 2.05) is 0 Å². The van der Waals surface area contributed by atoms with Crippen LogP contribution in [0.3, 0.4) is 0 Å². The van der Waals surface area contributed by atoms with E-state index < -0.39 is 0 Å². The summed E-state index contributed by atoms with van der Waals surface area (Å²) in [6.45, 7) is 0.410. The number of rotatable bonds is 4. The molecule has 3 N–H and O–H groups in total. The number of aromatic nitrogens is 1. The first-order valence-corrected chi connectivity index (χ1v) is 6.19. The Morgan fingerprint density at radius 1 is 1.44 bits per heavy atom. The molecule has 0 atom stereocenters. The lowest BCUT2D eigenvalue weighted by Crippen LogP contribution is -2.12. The van der Waals surface area contributed by atoms with Gasteiger partial charge in [-0.3, -0.25) is 0 Å². The maximum atomic E-state index is 8.53. The molecule has 0 aliphatic heterocycles. The van der Waals surface area contributed by atoms with Crippen molar-refractivity contribution < 1.29 is 9.94 Å². The highest BCUT2D eigenvalue weighted by Gasteiger charge is 2.02. The Hall–Kier alpha value is -1.79. The summed E-state index contributed by atoms with van der Waals surface area (Å²) in [5.74, 6) is 0.754. The maximum absolute atomic E-state index is 8.53. The van der Waals surface area contributed by atoms with Crippen molar-refractivity contribution in [1.82, 2.24) is 4.98 Å². The zero-order valence-electron chi connectivity index (χ0n) is 9.21. The summed E-state index contributed by atoms with van der Waals surface area (Å²) in [6, 6.07) is 6.92. The molecule has 0 amide bonds. The van der Waals surface area contributed by atoms with Gasteiger partial charge in [0.05, 0.1) is 4.88 Å². The van der Waals surface area contributed by atoms with E-state index in [0.717, 1.165) is 4.88 Å². The van der Waals surface area contributed by atoms with Crippen LogP contribution in [-0.4, -0.2) is 16.0 Å². The fraction of sp³-hybridized carbons (Fsp3) is 0.0909. The van der Waals surface area contributed by atoms with Crippen LogP contribution in [0, 0.1) is 0 Å². The predicted molar refractivity (Wildman–Crippen MR) is 70.4 cm³/mol. The second kappa shape index (κ2) is 5.70. The number of benzene rings is 1. The molecule has 1 heterocycles. The molecule has 94 valence electrons. The van der Waals surface area contributed by atoms with Crippen LogP contribution in [0.2, 0.25) is 4.47 Å². The van der Waals surface area contributed by atoms with Gasteiger partial charge >= 0.3 is 0 Å². The van der Waals surface area contributed by atoms with Gasteiger partial charge in [-0.2, -0.15) is 0 Å². The molecule has 18 heavy (non-hydrogen) atoms. The van der Waals surface area contributed by atoms with Gasteiger partial charge in [0.25, 0.3) is 0 Å². The quantitative estimate of drug-likeness (QED) is 0.391. The first-order valence-electron chi connectivity index (χ1n) is 5.00. The van der Waals surface area contributed by atoms with Gasteiger partial charge in [-0.15, -0.1) is 11.3 Å². The minimum absolute atomic E-state index is 0.0655. The van der Waals surface area contributed by atoms with Crippen molar-refractivity contribution in [1.29, 1.82) is 0 Å². The third-order valence-electron chi connectivity index (χ3n) is 2.16. The molecule has 0 aliphatic rings. The van der Waals surface area contributed by atoms with Crippen molar-refractivity contribution in [2.75, 3.05) is 0 Å². The molecular formula is C11H10ClN3O2S.